The smallest absolute Gasteiger partial charge is 0.411 e. The van der Waals surface area contributed by atoms with Crippen molar-refractivity contribution in [3.63, 3.8) is 0 Å². The molecule has 1 aromatic rings. The van der Waals surface area contributed by atoms with E-state index < -0.39 is 23.5 Å². The molecule has 0 fully saturated rings. The van der Waals surface area contributed by atoms with Gasteiger partial charge in [-0.15, -0.1) is 12.4 Å². The molecule has 0 amide bonds. The standard InChI is InChI=1S/C13H11F6N3O.ClH/c14-12(15,16)9-3-8(4-10(5-9)13(17,18)19)7-22-2-1-20-11(22)6-21-23;/h3-6,23H,1-2,7H2;1H/b21-6+;. The van der Waals surface area contributed by atoms with Crippen LogP contribution >= 0.6 is 12.4 Å². The van der Waals surface area contributed by atoms with E-state index in [2.05, 4.69) is 10.1 Å². The van der Waals surface area contributed by atoms with Gasteiger partial charge in [0.2, 0.25) is 0 Å². The first kappa shape index (κ1) is 20.1. The van der Waals surface area contributed by atoms with Crippen LogP contribution in [0.1, 0.15) is 16.7 Å². The molecular weight excluding hydrogens is 364 g/mol. The van der Waals surface area contributed by atoms with Crippen LogP contribution in [0.15, 0.2) is 28.3 Å². The summed E-state index contributed by atoms with van der Waals surface area (Å²) in [5, 5.41) is 11.2. The van der Waals surface area contributed by atoms with E-state index in [1.807, 2.05) is 0 Å². The number of rotatable bonds is 3. The lowest BCUT2D eigenvalue weighted by Crippen LogP contribution is -2.28. The Morgan fingerprint density at radius 2 is 1.62 bits per heavy atom. The van der Waals surface area contributed by atoms with E-state index in [4.69, 9.17) is 5.21 Å². The SMILES string of the molecule is Cl.O/N=C/C1=NCCN1Cc1cc(C(F)(F)F)cc(C(F)(F)F)c1. The molecule has 1 heterocycles. The van der Waals surface area contributed by atoms with E-state index in [1.165, 1.54) is 4.90 Å². The minimum absolute atomic E-state index is 0. The molecule has 1 N–H and O–H groups in total. The summed E-state index contributed by atoms with van der Waals surface area (Å²) in [5.74, 6) is 0.193. The molecule has 11 heteroatoms. The molecule has 4 nitrogen and oxygen atoms in total. The third kappa shape index (κ3) is 4.76. The number of nitrogens with zero attached hydrogens (tertiary/aromatic N) is 3. The van der Waals surface area contributed by atoms with Gasteiger partial charge < -0.3 is 10.1 Å². The van der Waals surface area contributed by atoms with Gasteiger partial charge in [0, 0.05) is 13.1 Å². The maximum atomic E-state index is 12.8. The maximum Gasteiger partial charge on any atom is 0.416 e. The van der Waals surface area contributed by atoms with Gasteiger partial charge in [-0.05, 0) is 23.8 Å². The van der Waals surface area contributed by atoms with Crippen molar-refractivity contribution in [3.05, 3.63) is 34.9 Å². The summed E-state index contributed by atoms with van der Waals surface area (Å²) in [4.78, 5) is 5.36. The van der Waals surface area contributed by atoms with Crippen LogP contribution in [-0.2, 0) is 18.9 Å². The van der Waals surface area contributed by atoms with Crippen LogP contribution in [-0.4, -0.2) is 35.2 Å². The third-order valence-corrected chi connectivity index (χ3v) is 3.16. The fraction of sp³-hybridized carbons (Fsp3) is 0.385. The molecule has 134 valence electrons. The number of hydrogen-bond acceptors (Lipinski definition) is 4. The summed E-state index contributed by atoms with van der Waals surface area (Å²) in [7, 11) is 0. The first-order valence-electron chi connectivity index (χ1n) is 6.36. The molecule has 1 aromatic carbocycles. The summed E-state index contributed by atoms with van der Waals surface area (Å²) in [5.41, 5.74) is -2.89. The molecular formula is C13H12ClF6N3O. The molecule has 0 spiro atoms. The zero-order valence-electron chi connectivity index (χ0n) is 11.9. The Morgan fingerprint density at radius 3 is 2.08 bits per heavy atom. The van der Waals surface area contributed by atoms with Crippen molar-refractivity contribution in [1.29, 1.82) is 0 Å². The average Bonchev–Trinajstić information content (AvgIpc) is 2.84. The number of halogens is 7. The number of hydrogen-bond donors (Lipinski definition) is 1. The number of alkyl halides is 6. The number of amidine groups is 1. The minimum Gasteiger partial charge on any atom is -0.411 e. The van der Waals surface area contributed by atoms with Gasteiger partial charge in [-0.1, -0.05) is 5.16 Å². The van der Waals surface area contributed by atoms with Crippen molar-refractivity contribution in [2.75, 3.05) is 13.1 Å². The van der Waals surface area contributed by atoms with Crippen molar-refractivity contribution in [3.8, 4) is 0 Å². The molecule has 0 atom stereocenters. The molecule has 1 aliphatic rings. The van der Waals surface area contributed by atoms with Gasteiger partial charge in [0.25, 0.3) is 0 Å². The van der Waals surface area contributed by atoms with Gasteiger partial charge >= 0.3 is 12.4 Å². The Balaban J connectivity index is 0.00000288. The van der Waals surface area contributed by atoms with Crippen LogP contribution in [0.2, 0.25) is 0 Å². The lowest BCUT2D eigenvalue weighted by molar-refractivity contribution is -0.143. The predicted molar refractivity (Wildman–Crippen MR) is 76.7 cm³/mol. The van der Waals surface area contributed by atoms with E-state index in [9.17, 15) is 26.3 Å². The predicted octanol–water partition coefficient (Wildman–Crippen LogP) is 3.82. The number of oxime groups is 1. The average molecular weight is 376 g/mol. The molecule has 0 aromatic heterocycles. The molecule has 1 aliphatic heterocycles. The number of benzene rings is 1. The molecule has 2 rings (SSSR count). The lowest BCUT2D eigenvalue weighted by Gasteiger charge is -2.20. The maximum absolute atomic E-state index is 12.8. The Bertz CT molecular complexity index is 609. The highest BCUT2D eigenvalue weighted by Gasteiger charge is 2.37. The fourth-order valence-electron chi connectivity index (χ4n) is 2.16. The Hall–Kier alpha value is -1.97. The molecule has 0 saturated carbocycles. The Kier molecular flexibility index (Phi) is 6.09. The van der Waals surface area contributed by atoms with Crippen molar-refractivity contribution >= 4 is 24.5 Å². The molecule has 0 bridgehead atoms. The van der Waals surface area contributed by atoms with Crippen molar-refractivity contribution in [2.45, 2.75) is 18.9 Å². The second-order valence-electron chi connectivity index (χ2n) is 4.82. The minimum atomic E-state index is -4.88. The first-order valence-corrected chi connectivity index (χ1v) is 6.36. The highest BCUT2D eigenvalue weighted by atomic mass is 35.5. The summed E-state index contributed by atoms with van der Waals surface area (Å²) in [6.07, 6.45) is -8.79. The molecule has 0 radical (unpaired) electrons. The molecule has 0 aliphatic carbocycles. The van der Waals surface area contributed by atoms with Crippen molar-refractivity contribution in [1.82, 2.24) is 4.90 Å². The monoisotopic (exact) mass is 375 g/mol. The molecule has 24 heavy (non-hydrogen) atoms. The molecule has 0 saturated heterocycles. The van der Waals surface area contributed by atoms with Crippen LogP contribution in [0.3, 0.4) is 0 Å². The van der Waals surface area contributed by atoms with Gasteiger partial charge in [-0.2, -0.15) is 26.3 Å². The summed E-state index contributed by atoms with van der Waals surface area (Å²) in [6.45, 7) is 0.406. The second-order valence-corrected chi connectivity index (χ2v) is 4.82. The Labute approximate surface area is 138 Å². The second kappa shape index (κ2) is 7.29. The van der Waals surface area contributed by atoms with Gasteiger partial charge in [0.15, 0.2) is 0 Å². The fourth-order valence-corrected chi connectivity index (χ4v) is 2.16. The summed E-state index contributed by atoms with van der Waals surface area (Å²) >= 11 is 0. The van der Waals surface area contributed by atoms with Crippen LogP contribution in [0.4, 0.5) is 26.3 Å². The van der Waals surface area contributed by atoms with E-state index in [1.54, 1.807) is 0 Å². The van der Waals surface area contributed by atoms with Crippen LogP contribution in [0, 0.1) is 0 Å². The van der Waals surface area contributed by atoms with Gasteiger partial charge in [0.05, 0.1) is 17.7 Å². The van der Waals surface area contributed by atoms with Crippen LogP contribution < -0.4 is 0 Å². The van der Waals surface area contributed by atoms with Gasteiger partial charge in [0.1, 0.15) is 12.1 Å². The van der Waals surface area contributed by atoms with Crippen molar-refractivity contribution < 1.29 is 31.5 Å². The van der Waals surface area contributed by atoms with E-state index in [0.29, 0.717) is 25.2 Å². The molecule has 0 unspecified atom stereocenters. The topological polar surface area (TPSA) is 48.2 Å². The van der Waals surface area contributed by atoms with Gasteiger partial charge in [-0.25, -0.2) is 0 Å². The highest BCUT2D eigenvalue weighted by Crippen LogP contribution is 2.36. The normalized spacial score (nSPS) is 15.6. The summed E-state index contributed by atoms with van der Waals surface area (Å²) < 4.78 is 76.7. The zero-order chi connectivity index (χ0) is 17.3. The Morgan fingerprint density at radius 1 is 1.08 bits per heavy atom. The first-order chi connectivity index (χ1) is 10.6. The van der Waals surface area contributed by atoms with Crippen LogP contribution in [0.25, 0.3) is 0 Å². The van der Waals surface area contributed by atoms with E-state index in [-0.39, 0.29) is 36.4 Å². The zero-order valence-corrected chi connectivity index (χ0v) is 12.7. The quantitative estimate of drug-likeness (QED) is 0.378. The number of aliphatic imine (C=N–C) groups is 1. The lowest BCUT2D eigenvalue weighted by atomic mass is 10.0. The van der Waals surface area contributed by atoms with E-state index in [0.717, 1.165) is 6.21 Å². The summed E-state index contributed by atoms with van der Waals surface area (Å²) in [6, 6.07) is 1.42. The van der Waals surface area contributed by atoms with Gasteiger partial charge in [-0.3, -0.25) is 4.99 Å². The van der Waals surface area contributed by atoms with E-state index >= 15 is 0 Å². The van der Waals surface area contributed by atoms with Crippen molar-refractivity contribution in [2.24, 2.45) is 10.1 Å². The highest BCUT2D eigenvalue weighted by molar-refractivity contribution is 6.29. The third-order valence-electron chi connectivity index (χ3n) is 3.16. The van der Waals surface area contributed by atoms with Crippen LogP contribution in [0.5, 0.6) is 0 Å². The largest absolute Gasteiger partial charge is 0.416 e.